The summed E-state index contributed by atoms with van der Waals surface area (Å²) in [6, 6.07) is 0. The fourth-order valence-corrected chi connectivity index (χ4v) is 1.12. The van der Waals surface area contributed by atoms with Gasteiger partial charge in [-0.25, -0.2) is 4.79 Å². The summed E-state index contributed by atoms with van der Waals surface area (Å²) >= 11 is 0. The fraction of sp³-hybridized carbons (Fsp3) is 0.857. The zero-order valence-corrected chi connectivity index (χ0v) is 6.45. The van der Waals surface area contributed by atoms with Gasteiger partial charge in [-0.3, -0.25) is 0 Å². The van der Waals surface area contributed by atoms with Crippen molar-refractivity contribution in [2.75, 3.05) is 13.7 Å². The van der Waals surface area contributed by atoms with Crippen LogP contribution in [0.15, 0.2) is 0 Å². The lowest BCUT2D eigenvalue weighted by Crippen LogP contribution is -2.34. The van der Waals surface area contributed by atoms with Crippen LogP contribution in [0.3, 0.4) is 0 Å². The van der Waals surface area contributed by atoms with Crippen molar-refractivity contribution in [1.29, 1.82) is 0 Å². The van der Waals surface area contributed by atoms with Gasteiger partial charge in [0, 0.05) is 6.61 Å². The highest BCUT2D eigenvalue weighted by Crippen LogP contribution is 2.15. The number of hydrogen-bond donors (Lipinski definition) is 1. The zero-order chi connectivity index (χ0) is 8.27. The molecule has 4 nitrogen and oxygen atoms in total. The zero-order valence-electron chi connectivity index (χ0n) is 6.45. The molecule has 0 aromatic heterocycles. The van der Waals surface area contributed by atoms with Gasteiger partial charge in [-0.1, -0.05) is 0 Å². The number of carbonyl (C=O) groups is 1. The molecule has 0 aliphatic carbocycles. The topological polar surface area (TPSA) is 55.8 Å². The highest BCUT2D eigenvalue weighted by molar-refractivity contribution is 5.74. The second-order valence-electron chi connectivity index (χ2n) is 2.52. The Kier molecular flexibility index (Phi) is 2.84. The molecule has 11 heavy (non-hydrogen) atoms. The fourth-order valence-electron chi connectivity index (χ4n) is 1.12. The molecule has 1 fully saturated rings. The van der Waals surface area contributed by atoms with E-state index in [2.05, 4.69) is 4.74 Å². The number of rotatable bonds is 2. The van der Waals surface area contributed by atoms with E-state index < -0.39 is 12.1 Å². The van der Waals surface area contributed by atoms with Gasteiger partial charge in [-0.15, -0.1) is 0 Å². The number of carbonyl (C=O) groups excluding carboxylic acids is 1. The van der Waals surface area contributed by atoms with E-state index in [0.29, 0.717) is 6.61 Å². The molecule has 4 heteroatoms. The van der Waals surface area contributed by atoms with E-state index in [1.807, 2.05) is 0 Å². The Morgan fingerprint density at radius 1 is 1.82 bits per heavy atom. The Morgan fingerprint density at radius 3 is 3.00 bits per heavy atom. The number of aliphatic hydroxyl groups excluding tert-OH is 1. The molecule has 0 spiro atoms. The molecule has 1 saturated heterocycles. The first-order chi connectivity index (χ1) is 5.25. The minimum Gasteiger partial charge on any atom is -0.467 e. The van der Waals surface area contributed by atoms with Crippen LogP contribution in [0, 0.1) is 0 Å². The number of ether oxygens (including phenoxy) is 2. The van der Waals surface area contributed by atoms with Gasteiger partial charge in [0.25, 0.3) is 0 Å². The summed E-state index contributed by atoms with van der Waals surface area (Å²) in [5, 5.41) is 9.22. The third kappa shape index (κ3) is 1.91. The molecule has 0 radical (unpaired) electrons. The van der Waals surface area contributed by atoms with Gasteiger partial charge in [-0.05, 0) is 12.8 Å². The van der Waals surface area contributed by atoms with Gasteiger partial charge in [0.1, 0.15) is 0 Å². The number of methoxy groups -OCH3 is 1. The molecule has 2 atom stereocenters. The third-order valence-electron chi connectivity index (χ3n) is 1.76. The maximum atomic E-state index is 10.7. The summed E-state index contributed by atoms with van der Waals surface area (Å²) in [4.78, 5) is 10.7. The first-order valence-corrected chi connectivity index (χ1v) is 3.63. The summed E-state index contributed by atoms with van der Waals surface area (Å²) in [7, 11) is 1.25. The van der Waals surface area contributed by atoms with Crippen LogP contribution >= 0.6 is 0 Å². The Bertz CT molecular complexity index is 139. The molecule has 1 N–H and O–H groups in total. The quantitative estimate of drug-likeness (QED) is 0.563. The molecule has 1 rings (SSSR count). The molecule has 0 saturated carbocycles. The summed E-state index contributed by atoms with van der Waals surface area (Å²) in [5.74, 6) is -0.614. The van der Waals surface area contributed by atoms with Crippen molar-refractivity contribution in [2.45, 2.75) is 25.0 Å². The first-order valence-electron chi connectivity index (χ1n) is 3.63. The van der Waals surface area contributed by atoms with Gasteiger partial charge in [0.2, 0.25) is 0 Å². The predicted octanol–water partition coefficient (Wildman–Crippen LogP) is -0.301. The second kappa shape index (κ2) is 3.69. The Labute approximate surface area is 65.1 Å². The van der Waals surface area contributed by atoms with Crippen molar-refractivity contribution in [2.24, 2.45) is 0 Å². The highest BCUT2D eigenvalue weighted by atomic mass is 16.6. The minimum atomic E-state index is -1.11. The van der Waals surface area contributed by atoms with E-state index in [9.17, 15) is 9.90 Å². The smallest absolute Gasteiger partial charge is 0.337 e. The molecule has 0 bridgehead atoms. The van der Waals surface area contributed by atoms with E-state index in [0.717, 1.165) is 12.8 Å². The number of hydrogen-bond acceptors (Lipinski definition) is 4. The van der Waals surface area contributed by atoms with Crippen LogP contribution in [0.4, 0.5) is 0 Å². The van der Waals surface area contributed by atoms with Crippen LogP contribution in [-0.2, 0) is 14.3 Å². The molecular formula is C7H12O4. The normalized spacial score (nSPS) is 26.5. The average molecular weight is 160 g/mol. The van der Waals surface area contributed by atoms with Crippen LogP contribution < -0.4 is 0 Å². The molecule has 0 amide bonds. The summed E-state index contributed by atoms with van der Waals surface area (Å²) in [6.45, 7) is 0.624. The first kappa shape index (κ1) is 8.49. The monoisotopic (exact) mass is 160 g/mol. The molecule has 1 heterocycles. The maximum absolute atomic E-state index is 10.7. The summed E-state index contributed by atoms with van der Waals surface area (Å²) in [5.41, 5.74) is 0. The lowest BCUT2D eigenvalue weighted by molar-refractivity contribution is -0.157. The van der Waals surface area contributed by atoms with Crippen molar-refractivity contribution in [3.8, 4) is 0 Å². The number of aliphatic hydroxyl groups is 1. The standard InChI is InChI=1S/C7H12O4/c1-10-7(9)6(8)5-3-2-4-11-5/h5-6,8H,2-4H2,1H3. The molecule has 2 unspecified atom stereocenters. The summed E-state index contributed by atoms with van der Waals surface area (Å²) < 4.78 is 9.44. The van der Waals surface area contributed by atoms with E-state index >= 15 is 0 Å². The molecule has 0 aromatic rings. The van der Waals surface area contributed by atoms with Crippen LogP contribution in [0.25, 0.3) is 0 Å². The van der Waals surface area contributed by atoms with Crippen molar-refractivity contribution < 1.29 is 19.4 Å². The Hall–Kier alpha value is -0.610. The Balaban J connectivity index is 2.39. The van der Waals surface area contributed by atoms with Crippen LogP contribution in [0.1, 0.15) is 12.8 Å². The van der Waals surface area contributed by atoms with Gasteiger partial charge < -0.3 is 14.6 Å². The SMILES string of the molecule is COC(=O)C(O)C1CCCO1. The predicted molar refractivity (Wildman–Crippen MR) is 37.0 cm³/mol. The second-order valence-corrected chi connectivity index (χ2v) is 2.52. The third-order valence-corrected chi connectivity index (χ3v) is 1.76. The van der Waals surface area contributed by atoms with E-state index in [4.69, 9.17) is 4.74 Å². The van der Waals surface area contributed by atoms with Crippen LogP contribution in [0.5, 0.6) is 0 Å². The largest absolute Gasteiger partial charge is 0.467 e. The summed E-state index contributed by atoms with van der Waals surface area (Å²) in [6.07, 6.45) is 0.166. The van der Waals surface area contributed by atoms with Crippen molar-refractivity contribution >= 4 is 5.97 Å². The van der Waals surface area contributed by atoms with Crippen molar-refractivity contribution in [3.05, 3.63) is 0 Å². The van der Waals surface area contributed by atoms with E-state index in [-0.39, 0.29) is 6.10 Å². The van der Waals surface area contributed by atoms with Crippen molar-refractivity contribution in [3.63, 3.8) is 0 Å². The lowest BCUT2D eigenvalue weighted by atomic mass is 10.1. The van der Waals surface area contributed by atoms with Gasteiger partial charge in [0.15, 0.2) is 6.10 Å². The van der Waals surface area contributed by atoms with Crippen molar-refractivity contribution in [1.82, 2.24) is 0 Å². The minimum absolute atomic E-state index is 0.359. The van der Waals surface area contributed by atoms with Gasteiger partial charge >= 0.3 is 5.97 Å². The molecule has 0 aromatic carbocycles. The highest BCUT2D eigenvalue weighted by Gasteiger charge is 2.30. The Morgan fingerprint density at radius 2 is 2.55 bits per heavy atom. The lowest BCUT2D eigenvalue weighted by Gasteiger charge is -2.14. The average Bonchev–Trinajstić information content (AvgIpc) is 2.53. The molecule has 1 aliphatic rings. The molecule has 64 valence electrons. The molecular weight excluding hydrogens is 148 g/mol. The number of esters is 1. The van der Waals surface area contributed by atoms with E-state index in [1.54, 1.807) is 0 Å². The molecule has 1 aliphatic heterocycles. The van der Waals surface area contributed by atoms with Gasteiger partial charge in [-0.2, -0.15) is 0 Å². The van der Waals surface area contributed by atoms with E-state index in [1.165, 1.54) is 7.11 Å². The van der Waals surface area contributed by atoms with Crippen LogP contribution in [0.2, 0.25) is 0 Å². The van der Waals surface area contributed by atoms with Gasteiger partial charge in [0.05, 0.1) is 13.2 Å². The maximum Gasteiger partial charge on any atom is 0.337 e. The van der Waals surface area contributed by atoms with Crippen LogP contribution in [-0.4, -0.2) is 37.0 Å².